The van der Waals surface area contributed by atoms with E-state index in [4.69, 9.17) is 10.5 Å². The molecule has 0 fully saturated rings. The average Bonchev–Trinajstić information content (AvgIpc) is 2.31. The van der Waals surface area contributed by atoms with Gasteiger partial charge >= 0.3 is 0 Å². The molecule has 1 unspecified atom stereocenters. The molecule has 0 amide bonds. The first kappa shape index (κ1) is 15.0. The quantitative estimate of drug-likeness (QED) is 0.773. The molecule has 0 heterocycles. The monoisotopic (exact) mass is 269 g/mol. The van der Waals surface area contributed by atoms with E-state index in [0.717, 1.165) is 18.6 Å². The minimum absolute atomic E-state index is 0.585. The summed E-state index contributed by atoms with van der Waals surface area (Å²) < 4.78 is 17.6. The van der Waals surface area contributed by atoms with Gasteiger partial charge in [0, 0.05) is 11.4 Å². The van der Waals surface area contributed by atoms with Crippen LogP contribution in [0.2, 0.25) is 0 Å². The fourth-order valence-electron chi connectivity index (χ4n) is 1.70. The number of rotatable bonds is 7. The highest BCUT2D eigenvalue weighted by atomic mass is 32.2. The maximum Gasteiger partial charge on any atom is 0.120 e. The lowest BCUT2D eigenvalue weighted by atomic mass is 10.1. The molecule has 1 atom stereocenters. The fraction of sp³-hybridized carbons (Fsp3) is 0.571. The zero-order valence-electron chi connectivity index (χ0n) is 11.4. The average molecular weight is 269 g/mol. The van der Waals surface area contributed by atoms with E-state index in [-0.39, 0.29) is 0 Å². The maximum absolute atomic E-state index is 12.2. The summed E-state index contributed by atoms with van der Waals surface area (Å²) in [4.78, 5) is 0.699. The first-order chi connectivity index (χ1) is 8.54. The van der Waals surface area contributed by atoms with Gasteiger partial charge in [0.2, 0.25) is 0 Å². The molecule has 1 aromatic rings. The molecule has 3 nitrogen and oxygen atoms in total. The number of hydrogen-bond acceptors (Lipinski definition) is 3. The molecule has 0 spiro atoms. The molecule has 0 aliphatic rings. The molecule has 1 aromatic carbocycles. The highest BCUT2D eigenvalue weighted by Gasteiger charge is 2.10. The molecule has 0 saturated carbocycles. The van der Waals surface area contributed by atoms with Crippen molar-refractivity contribution in [3.63, 3.8) is 0 Å². The number of nitrogen functional groups attached to an aromatic ring is 1. The second-order valence-electron chi connectivity index (χ2n) is 4.72. The zero-order valence-corrected chi connectivity index (χ0v) is 12.3. The van der Waals surface area contributed by atoms with E-state index in [2.05, 4.69) is 13.8 Å². The van der Waals surface area contributed by atoms with E-state index >= 15 is 0 Å². The van der Waals surface area contributed by atoms with Crippen molar-refractivity contribution >= 4 is 16.5 Å². The van der Waals surface area contributed by atoms with Crippen LogP contribution in [0.25, 0.3) is 0 Å². The van der Waals surface area contributed by atoms with E-state index in [0.29, 0.717) is 28.9 Å². The smallest absolute Gasteiger partial charge is 0.120 e. The van der Waals surface area contributed by atoms with Crippen LogP contribution in [0, 0.1) is 5.92 Å². The van der Waals surface area contributed by atoms with Crippen LogP contribution in [-0.4, -0.2) is 16.6 Å². The summed E-state index contributed by atoms with van der Waals surface area (Å²) in [5.41, 5.74) is 6.45. The molecular weight excluding hydrogens is 246 g/mol. The Labute approximate surface area is 112 Å². The van der Waals surface area contributed by atoms with Crippen LogP contribution in [0.3, 0.4) is 0 Å². The van der Waals surface area contributed by atoms with E-state index in [9.17, 15) is 4.21 Å². The van der Waals surface area contributed by atoms with Crippen LogP contribution in [0.4, 0.5) is 5.69 Å². The fourth-order valence-corrected chi connectivity index (χ4v) is 2.93. The predicted octanol–water partition coefficient (Wildman–Crippen LogP) is 3.21. The Morgan fingerprint density at radius 2 is 2.11 bits per heavy atom. The van der Waals surface area contributed by atoms with Gasteiger partial charge in [-0.1, -0.05) is 20.3 Å². The molecular formula is C14H23NO2S. The SMILES string of the molecule is CCOc1ccc(N)c(S(=O)CCCC(C)C)c1. The van der Waals surface area contributed by atoms with Gasteiger partial charge in [0.15, 0.2) is 0 Å². The molecule has 0 aliphatic heterocycles. The van der Waals surface area contributed by atoms with Gasteiger partial charge in [-0.25, -0.2) is 0 Å². The zero-order chi connectivity index (χ0) is 13.5. The van der Waals surface area contributed by atoms with Gasteiger partial charge in [-0.05, 0) is 37.5 Å². The van der Waals surface area contributed by atoms with Gasteiger partial charge in [0.1, 0.15) is 5.75 Å². The lowest BCUT2D eigenvalue weighted by molar-refractivity contribution is 0.339. The van der Waals surface area contributed by atoms with Crippen LogP contribution in [0.1, 0.15) is 33.6 Å². The Balaban J connectivity index is 2.68. The Morgan fingerprint density at radius 1 is 1.39 bits per heavy atom. The second kappa shape index (κ2) is 7.41. The van der Waals surface area contributed by atoms with Crippen LogP contribution >= 0.6 is 0 Å². The van der Waals surface area contributed by atoms with Gasteiger partial charge in [-0.15, -0.1) is 0 Å². The van der Waals surface area contributed by atoms with Crippen LogP contribution in [0.15, 0.2) is 23.1 Å². The molecule has 0 aromatic heterocycles. The molecule has 2 N–H and O–H groups in total. The second-order valence-corrected chi connectivity index (χ2v) is 6.26. The van der Waals surface area contributed by atoms with E-state index in [1.165, 1.54) is 0 Å². The number of ether oxygens (including phenoxy) is 1. The molecule has 0 aliphatic carbocycles. The first-order valence-corrected chi connectivity index (χ1v) is 7.77. The van der Waals surface area contributed by atoms with Crippen molar-refractivity contribution in [2.24, 2.45) is 5.92 Å². The molecule has 0 saturated heterocycles. The molecule has 102 valence electrons. The van der Waals surface area contributed by atoms with Crippen LogP contribution in [-0.2, 0) is 10.8 Å². The maximum atomic E-state index is 12.2. The Bertz CT molecular complexity index is 405. The van der Waals surface area contributed by atoms with Crippen molar-refractivity contribution in [2.45, 2.75) is 38.5 Å². The highest BCUT2D eigenvalue weighted by molar-refractivity contribution is 7.85. The standard InChI is InChI=1S/C14H23NO2S/c1-4-17-12-7-8-13(15)14(10-12)18(16)9-5-6-11(2)3/h7-8,10-11H,4-6,9,15H2,1-3H3. The van der Waals surface area contributed by atoms with Crippen molar-refractivity contribution in [1.82, 2.24) is 0 Å². The van der Waals surface area contributed by atoms with Gasteiger partial charge in [-0.2, -0.15) is 0 Å². The van der Waals surface area contributed by atoms with E-state index < -0.39 is 10.8 Å². The van der Waals surface area contributed by atoms with Crippen molar-refractivity contribution < 1.29 is 8.95 Å². The van der Waals surface area contributed by atoms with Gasteiger partial charge in [0.25, 0.3) is 0 Å². The summed E-state index contributed by atoms with van der Waals surface area (Å²) in [6, 6.07) is 5.37. The number of hydrogen-bond donors (Lipinski definition) is 1. The molecule has 18 heavy (non-hydrogen) atoms. The van der Waals surface area contributed by atoms with Gasteiger partial charge < -0.3 is 10.5 Å². The largest absolute Gasteiger partial charge is 0.494 e. The third-order valence-corrected chi connectivity index (χ3v) is 4.16. The minimum Gasteiger partial charge on any atom is -0.494 e. The molecule has 0 bridgehead atoms. The van der Waals surface area contributed by atoms with Crippen molar-refractivity contribution in [1.29, 1.82) is 0 Å². The third-order valence-electron chi connectivity index (χ3n) is 2.65. The number of benzene rings is 1. The number of anilines is 1. The molecule has 0 radical (unpaired) electrons. The van der Waals surface area contributed by atoms with E-state index in [1.807, 2.05) is 13.0 Å². The number of nitrogens with two attached hydrogens (primary N) is 1. The Morgan fingerprint density at radius 3 is 2.72 bits per heavy atom. The Hall–Kier alpha value is -1.03. The Kier molecular flexibility index (Phi) is 6.19. The van der Waals surface area contributed by atoms with Gasteiger partial charge in [0.05, 0.1) is 22.3 Å². The minimum atomic E-state index is -1.03. The summed E-state index contributed by atoms with van der Waals surface area (Å²) in [6.07, 6.45) is 2.05. The molecule has 1 rings (SSSR count). The predicted molar refractivity (Wildman–Crippen MR) is 77.4 cm³/mol. The molecule has 4 heteroatoms. The van der Waals surface area contributed by atoms with Crippen LogP contribution < -0.4 is 10.5 Å². The van der Waals surface area contributed by atoms with E-state index in [1.54, 1.807) is 12.1 Å². The lowest BCUT2D eigenvalue weighted by Crippen LogP contribution is -2.04. The summed E-state index contributed by atoms with van der Waals surface area (Å²) in [5.74, 6) is 2.05. The normalized spacial score (nSPS) is 12.7. The third kappa shape index (κ3) is 4.69. The van der Waals surface area contributed by atoms with Gasteiger partial charge in [-0.3, -0.25) is 4.21 Å². The summed E-state index contributed by atoms with van der Waals surface area (Å²) in [5, 5.41) is 0. The summed E-state index contributed by atoms with van der Waals surface area (Å²) >= 11 is 0. The topological polar surface area (TPSA) is 52.3 Å². The summed E-state index contributed by atoms with van der Waals surface area (Å²) in [7, 11) is -1.03. The van der Waals surface area contributed by atoms with Crippen LogP contribution in [0.5, 0.6) is 5.75 Å². The van der Waals surface area contributed by atoms with Crippen molar-refractivity contribution in [3.8, 4) is 5.75 Å². The van der Waals surface area contributed by atoms with Crippen molar-refractivity contribution in [3.05, 3.63) is 18.2 Å². The first-order valence-electron chi connectivity index (χ1n) is 6.45. The van der Waals surface area contributed by atoms with Crippen molar-refractivity contribution in [2.75, 3.05) is 18.1 Å². The lowest BCUT2D eigenvalue weighted by Gasteiger charge is -2.09. The summed E-state index contributed by atoms with van der Waals surface area (Å²) in [6.45, 7) is 6.87. The highest BCUT2D eigenvalue weighted by Crippen LogP contribution is 2.23.